The van der Waals surface area contributed by atoms with Crippen molar-refractivity contribution in [1.82, 2.24) is 0 Å². The van der Waals surface area contributed by atoms with Gasteiger partial charge in [-0.15, -0.1) is 6.58 Å². The molecule has 0 aliphatic heterocycles. The summed E-state index contributed by atoms with van der Waals surface area (Å²) >= 11 is 0. The fourth-order valence-electron chi connectivity index (χ4n) is 1.28. The molecule has 80 valence electrons. The molecule has 15 heavy (non-hydrogen) atoms. The van der Waals surface area contributed by atoms with E-state index in [0.717, 1.165) is 19.3 Å². The van der Waals surface area contributed by atoms with Crippen molar-refractivity contribution in [3.05, 3.63) is 42.5 Å². The quantitative estimate of drug-likeness (QED) is 0.348. The molecule has 0 amide bonds. The van der Waals surface area contributed by atoms with E-state index in [1.807, 2.05) is 18.2 Å². The van der Waals surface area contributed by atoms with Gasteiger partial charge in [0, 0.05) is 0 Å². The van der Waals surface area contributed by atoms with Crippen molar-refractivity contribution in [2.75, 3.05) is 0 Å². The predicted molar refractivity (Wildman–Crippen MR) is 58.2 cm³/mol. The number of aryl methyl sites for hydroxylation is 1. The van der Waals surface area contributed by atoms with Crippen LogP contribution >= 0.6 is 0 Å². The Morgan fingerprint density at radius 1 is 1.40 bits per heavy atom. The molecule has 0 aliphatic carbocycles. The third-order valence-corrected chi connectivity index (χ3v) is 2.00. The van der Waals surface area contributed by atoms with E-state index in [4.69, 9.17) is 5.11 Å². The summed E-state index contributed by atoms with van der Waals surface area (Å²) in [6, 6.07) is 7.08. The summed E-state index contributed by atoms with van der Waals surface area (Å²) in [6.45, 7) is 3.65. The maximum atomic E-state index is 10.2. The van der Waals surface area contributed by atoms with Gasteiger partial charge in [-0.25, -0.2) is 4.79 Å². The molecule has 1 aromatic rings. The van der Waals surface area contributed by atoms with Crippen molar-refractivity contribution in [1.29, 1.82) is 0 Å². The number of carboxylic acid groups (broad SMARTS) is 1. The molecule has 1 N–H and O–H groups in total. The summed E-state index contributed by atoms with van der Waals surface area (Å²) < 4.78 is 4.50. The first-order valence-corrected chi connectivity index (χ1v) is 4.83. The van der Waals surface area contributed by atoms with Crippen LogP contribution in [0.3, 0.4) is 0 Å². The van der Waals surface area contributed by atoms with Crippen molar-refractivity contribution in [3.63, 3.8) is 0 Å². The minimum atomic E-state index is -1.28. The van der Waals surface area contributed by atoms with Crippen LogP contribution in [0.25, 0.3) is 0 Å². The number of allylic oxidation sites excluding steroid dienone is 1. The van der Waals surface area contributed by atoms with Gasteiger partial charge in [-0.2, -0.15) is 0 Å². The maximum absolute atomic E-state index is 10.2. The Balaban J connectivity index is 2.48. The molecule has 0 spiro atoms. The fourth-order valence-corrected chi connectivity index (χ4v) is 1.28. The molecule has 3 nitrogen and oxygen atoms in total. The van der Waals surface area contributed by atoms with Gasteiger partial charge in [-0.1, -0.05) is 18.2 Å². The average molecular weight is 206 g/mol. The highest BCUT2D eigenvalue weighted by molar-refractivity contribution is 5.61. The predicted octanol–water partition coefficient (Wildman–Crippen LogP) is 3.25. The Kier molecular flexibility index (Phi) is 4.41. The summed E-state index contributed by atoms with van der Waals surface area (Å²) in [4.78, 5) is 10.2. The Labute approximate surface area is 89.0 Å². The van der Waals surface area contributed by atoms with Gasteiger partial charge in [0.05, 0.1) is 0 Å². The smallest absolute Gasteiger partial charge is 0.449 e. The first-order chi connectivity index (χ1) is 7.22. The van der Waals surface area contributed by atoms with E-state index in [0.29, 0.717) is 5.75 Å². The van der Waals surface area contributed by atoms with Gasteiger partial charge in [-0.3, -0.25) is 0 Å². The number of hydrogen-bond acceptors (Lipinski definition) is 2. The molecule has 0 aromatic heterocycles. The van der Waals surface area contributed by atoms with Crippen molar-refractivity contribution < 1.29 is 14.6 Å². The van der Waals surface area contributed by atoms with Crippen LogP contribution in [0.5, 0.6) is 5.75 Å². The lowest BCUT2D eigenvalue weighted by atomic mass is 10.1. The Bertz CT molecular complexity index is 327. The van der Waals surface area contributed by atoms with E-state index in [1.54, 1.807) is 12.1 Å². The van der Waals surface area contributed by atoms with Gasteiger partial charge in [0.15, 0.2) is 0 Å². The van der Waals surface area contributed by atoms with Gasteiger partial charge in [-0.05, 0) is 37.0 Å². The summed E-state index contributed by atoms with van der Waals surface area (Å²) in [5.74, 6) is 0.356. The highest BCUT2D eigenvalue weighted by Crippen LogP contribution is 2.14. The number of hydrogen-bond donors (Lipinski definition) is 1. The summed E-state index contributed by atoms with van der Waals surface area (Å²) in [5, 5.41) is 8.38. The van der Waals surface area contributed by atoms with Gasteiger partial charge >= 0.3 is 6.16 Å². The molecule has 0 aliphatic rings. The van der Waals surface area contributed by atoms with E-state index in [9.17, 15) is 4.79 Å². The third-order valence-electron chi connectivity index (χ3n) is 2.00. The minimum absolute atomic E-state index is 0.356. The van der Waals surface area contributed by atoms with E-state index in [2.05, 4.69) is 11.3 Å². The van der Waals surface area contributed by atoms with Crippen LogP contribution < -0.4 is 4.74 Å². The van der Waals surface area contributed by atoms with E-state index >= 15 is 0 Å². The first kappa shape index (κ1) is 11.3. The zero-order chi connectivity index (χ0) is 11.1. The lowest BCUT2D eigenvalue weighted by Gasteiger charge is -2.02. The van der Waals surface area contributed by atoms with Crippen LogP contribution in [-0.4, -0.2) is 11.3 Å². The Morgan fingerprint density at radius 2 is 2.07 bits per heavy atom. The highest BCUT2D eigenvalue weighted by atomic mass is 16.7. The summed E-state index contributed by atoms with van der Waals surface area (Å²) in [6.07, 6.45) is 3.63. The molecular formula is C12H14O3. The van der Waals surface area contributed by atoms with Crippen molar-refractivity contribution >= 4 is 6.16 Å². The van der Waals surface area contributed by atoms with Gasteiger partial charge in [0.1, 0.15) is 5.75 Å². The second kappa shape index (κ2) is 5.86. The molecule has 0 unspecified atom stereocenters. The number of rotatable bonds is 5. The van der Waals surface area contributed by atoms with Gasteiger partial charge in [0.25, 0.3) is 0 Å². The van der Waals surface area contributed by atoms with Crippen LogP contribution in [0.2, 0.25) is 0 Å². The number of benzene rings is 1. The second-order valence-electron chi connectivity index (χ2n) is 3.19. The van der Waals surface area contributed by atoms with Crippen molar-refractivity contribution in [2.45, 2.75) is 19.3 Å². The average Bonchev–Trinajstić information content (AvgIpc) is 2.20. The van der Waals surface area contributed by atoms with Gasteiger partial charge in [0.2, 0.25) is 0 Å². The second-order valence-corrected chi connectivity index (χ2v) is 3.19. The van der Waals surface area contributed by atoms with Crippen LogP contribution in [0.15, 0.2) is 36.9 Å². The summed E-state index contributed by atoms with van der Waals surface area (Å²) in [7, 11) is 0. The van der Waals surface area contributed by atoms with Crippen molar-refractivity contribution in [3.8, 4) is 5.75 Å². The standard InChI is InChI=1S/C12H14O3/c1-2-3-4-5-10-6-8-11(9-7-10)15-12(13)14/h2,6-9H,1,3-5H2,(H,13,14). The topological polar surface area (TPSA) is 46.5 Å². The Hall–Kier alpha value is -1.77. The molecule has 1 aromatic carbocycles. The van der Waals surface area contributed by atoms with Crippen LogP contribution in [0, 0.1) is 0 Å². The molecular weight excluding hydrogens is 192 g/mol. The zero-order valence-electron chi connectivity index (χ0n) is 8.48. The molecule has 0 heterocycles. The van der Waals surface area contributed by atoms with Gasteiger partial charge < -0.3 is 9.84 Å². The minimum Gasteiger partial charge on any atom is -0.449 e. The molecule has 0 fully saturated rings. The molecule has 0 atom stereocenters. The third kappa shape index (κ3) is 4.31. The van der Waals surface area contributed by atoms with E-state index < -0.39 is 6.16 Å². The lowest BCUT2D eigenvalue weighted by molar-refractivity contribution is 0.144. The van der Waals surface area contributed by atoms with Crippen molar-refractivity contribution in [2.24, 2.45) is 0 Å². The normalized spacial score (nSPS) is 9.60. The molecule has 0 saturated carbocycles. The molecule has 0 radical (unpaired) electrons. The fraction of sp³-hybridized carbons (Fsp3) is 0.250. The number of ether oxygens (including phenoxy) is 1. The zero-order valence-corrected chi connectivity index (χ0v) is 8.48. The first-order valence-electron chi connectivity index (χ1n) is 4.83. The molecule has 1 rings (SSSR count). The maximum Gasteiger partial charge on any atom is 0.511 e. The summed E-state index contributed by atoms with van der Waals surface area (Å²) in [5.41, 5.74) is 1.18. The largest absolute Gasteiger partial charge is 0.511 e. The SMILES string of the molecule is C=CCCCc1ccc(OC(=O)O)cc1. The van der Waals surface area contributed by atoms with E-state index in [1.165, 1.54) is 5.56 Å². The number of unbranched alkanes of at least 4 members (excludes halogenated alkanes) is 1. The molecule has 3 heteroatoms. The Morgan fingerprint density at radius 3 is 2.60 bits per heavy atom. The van der Waals surface area contributed by atoms with Crippen LogP contribution in [0.1, 0.15) is 18.4 Å². The monoisotopic (exact) mass is 206 g/mol. The van der Waals surface area contributed by atoms with E-state index in [-0.39, 0.29) is 0 Å². The molecule has 0 bridgehead atoms. The lowest BCUT2D eigenvalue weighted by Crippen LogP contribution is -2.02. The molecule has 0 saturated heterocycles. The van der Waals surface area contributed by atoms with Crippen LogP contribution in [-0.2, 0) is 6.42 Å². The highest BCUT2D eigenvalue weighted by Gasteiger charge is 2.00. The van der Waals surface area contributed by atoms with Crippen LogP contribution in [0.4, 0.5) is 4.79 Å². The number of carbonyl (C=O) groups is 1.